The van der Waals surface area contributed by atoms with Gasteiger partial charge in [-0.3, -0.25) is 4.79 Å². The number of carbonyl (C=O) groups excluding carboxylic acids is 1. The van der Waals surface area contributed by atoms with Gasteiger partial charge in [0.2, 0.25) is 10.0 Å². The van der Waals surface area contributed by atoms with Crippen molar-refractivity contribution in [2.24, 2.45) is 5.92 Å². The molecule has 0 unspecified atom stereocenters. The maximum Gasteiger partial charge on any atom is 0.254 e. The molecule has 0 aliphatic carbocycles. The average molecular weight is 375 g/mol. The van der Waals surface area contributed by atoms with Crippen LogP contribution in [-0.2, 0) is 14.8 Å². The minimum atomic E-state index is -3.21. The van der Waals surface area contributed by atoms with Gasteiger partial charge in [0.05, 0.1) is 19.5 Å². The smallest absolute Gasteiger partial charge is 0.254 e. The highest BCUT2D eigenvalue weighted by molar-refractivity contribution is 7.88. The maximum atomic E-state index is 12.8. The van der Waals surface area contributed by atoms with E-state index in [-0.39, 0.29) is 17.9 Å². The SMILES string of the molecule is C[C@@H]1[C@@H](CCNS(C)(=O)=O)COCCN1C(=O)c1ccc(Cl)cc1. The van der Waals surface area contributed by atoms with Crippen LogP contribution in [0.25, 0.3) is 0 Å². The van der Waals surface area contributed by atoms with Crippen molar-refractivity contribution in [3.05, 3.63) is 34.9 Å². The third kappa shape index (κ3) is 5.44. The Labute approximate surface area is 148 Å². The molecular formula is C16H23ClN2O4S. The quantitative estimate of drug-likeness (QED) is 0.852. The molecule has 0 radical (unpaired) electrons. The van der Waals surface area contributed by atoms with Gasteiger partial charge in [-0.25, -0.2) is 13.1 Å². The molecule has 8 heteroatoms. The van der Waals surface area contributed by atoms with E-state index in [9.17, 15) is 13.2 Å². The van der Waals surface area contributed by atoms with E-state index in [1.165, 1.54) is 0 Å². The van der Waals surface area contributed by atoms with Gasteiger partial charge in [-0.15, -0.1) is 0 Å². The van der Waals surface area contributed by atoms with E-state index in [2.05, 4.69) is 4.72 Å². The second-order valence-electron chi connectivity index (χ2n) is 6.04. The van der Waals surface area contributed by atoms with Crippen molar-refractivity contribution in [3.63, 3.8) is 0 Å². The Bertz CT molecular complexity index is 663. The average Bonchev–Trinajstić information content (AvgIpc) is 2.69. The summed E-state index contributed by atoms with van der Waals surface area (Å²) in [5.41, 5.74) is 0.584. The van der Waals surface area contributed by atoms with Crippen LogP contribution >= 0.6 is 11.6 Å². The van der Waals surface area contributed by atoms with Crippen LogP contribution in [0.1, 0.15) is 23.7 Å². The van der Waals surface area contributed by atoms with Crippen LogP contribution < -0.4 is 4.72 Å². The number of hydrogen-bond acceptors (Lipinski definition) is 4. The minimum absolute atomic E-state index is 0.0444. The Morgan fingerprint density at radius 2 is 2.04 bits per heavy atom. The molecule has 24 heavy (non-hydrogen) atoms. The third-order valence-electron chi connectivity index (χ3n) is 4.21. The summed E-state index contributed by atoms with van der Waals surface area (Å²) < 4.78 is 30.5. The summed E-state index contributed by atoms with van der Waals surface area (Å²) in [4.78, 5) is 14.6. The zero-order valence-corrected chi connectivity index (χ0v) is 15.4. The van der Waals surface area contributed by atoms with Gasteiger partial charge in [0, 0.05) is 35.6 Å². The summed E-state index contributed by atoms with van der Waals surface area (Å²) in [7, 11) is -3.21. The van der Waals surface area contributed by atoms with Crippen LogP contribution in [0.2, 0.25) is 5.02 Å². The largest absolute Gasteiger partial charge is 0.379 e. The molecule has 1 aromatic rings. The molecule has 1 aliphatic heterocycles. The highest BCUT2D eigenvalue weighted by Gasteiger charge is 2.30. The molecule has 0 bridgehead atoms. The molecule has 1 amide bonds. The topological polar surface area (TPSA) is 75.7 Å². The molecule has 1 aliphatic rings. The van der Waals surface area contributed by atoms with Gasteiger partial charge in [0.15, 0.2) is 0 Å². The lowest BCUT2D eigenvalue weighted by Crippen LogP contribution is -2.44. The fourth-order valence-corrected chi connectivity index (χ4v) is 3.41. The molecule has 134 valence electrons. The first kappa shape index (κ1) is 19.2. The fourth-order valence-electron chi connectivity index (χ4n) is 2.79. The van der Waals surface area contributed by atoms with Gasteiger partial charge in [-0.1, -0.05) is 11.6 Å². The zero-order valence-electron chi connectivity index (χ0n) is 13.9. The number of benzene rings is 1. The molecule has 1 fully saturated rings. The summed E-state index contributed by atoms with van der Waals surface area (Å²) >= 11 is 5.87. The van der Waals surface area contributed by atoms with Crippen LogP contribution in [0.15, 0.2) is 24.3 Å². The van der Waals surface area contributed by atoms with E-state index in [0.717, 1.165) is 6.26 Å². The van der Waals surface area contributed by atoms with Crippen molar-refractivity contribution >= 4 is 27.5 Å². The number of hydrogen-bond donors (Lipinski definition) is 1. The van der Waals surface area contributed by atoms with E-state index < -0.39 is 10.0 Å². The lowest BCUT2D eigenvalue weighted by atomic mass is 9.96. The van der Waals surface area contributed by atoms with Gasteiger partial charge < -0.3 is 9.64 Å². The first-order valence-electron chi connectivity index (χ1n) is 7.87. The van der Waals surface area contributed by atoms with Crippen molar-refractivity contribution in [1.29, 1.82) is 0 Å². The van der Waals surface area contributed by atoms with E-state index in [4.69, 9.17) is 16.3 Å². The van der Waals surface area contributed by atoms with Crippen molar-refractivity contribution in [2.45, 2.75) is 19.4 Å². The van der Waals surface area contributed by atoms with Crippen LogP contribution in [0.4, 0.5) is 0 Å². The number of rotatable bonds is 5. The molecule has 2 atom stereocenters. The first-order valence-corrected chi connectivity index (χ1v) is 10.1. The summed E-state index contributed by atoms with van der Waals surface area (Å²) in [6, 6.07) is 6.77. The molecule has 6 nitrogen and oxygen atoms in total. The summed E-state index contributed by atoms with van der Waals surface area (Å²) in [6.07, 6.45) is 1.75. The number of ether oxygens (including phenoxy) is 1. The van der Waals surface area contributed by atoms with Crippen LogP contribution in [-0.4, -0.2) is 57.8 Å². The lowest BCUT2D eigenvalue weighted by molar-refractivity contribution is 0.0658. The van der Waals surface area contributed by atoms with Gasteiger partial charge in [0.1, 0.15) is 0 Å². The van der Waals surface area contributed by atoms with Crippen LogP contribution in [0.5, 0.6) is 0 Å². The Hall–Kier alpha value is -1.15. The third-order valence-corrected chi connectivity index (χ3v) is 5.19. The number of nitrogens with one attached hydrogen (secondary N) is 1. The number of carbonyl (C=O) groups is 1. The van der Waals surface area contributed by atoms with Crippen LogP contribution in [0.3, 0.4) is 0 Å². The first-order chi connectivity index (χ1) is 11.3. The molecule has 1 aromatic carbocycles. The molecular weight excluding hydrogens is 352 g/mol. The molecule has 2 rings (SSSR count). The highest BCUT2D eigenvalue weighted by Crippen LogP contribution is 2.21. The number of halogens is 1. The molecule has 1 N–H and O–H groups in total. The summed E-state index contributed by atoms with van der Waals surface area (Å²) in [5, 5.41) is 0.587. The van der Waals surface area contributed by atoms with Crippen molar-refractivity contribution < 1.29 is 17.9 Å². The van der Waals surface area contributed by atoms with Gasteiger partial charge >= 0.3 is 0 Å². The van der Waals surface area contributed by atoms with Crippen molar-refractivity contribution in [2.75, 3.05) is 32.6 Å². The maximum absolute atomic E-state index is 12.8. The summed E-state index contributed by atoms with van der Waals surface area (Å²) in [6.45, 7) is 3.81. The van der Waals surface area contributed by atoms with Crippen LogP contribution in [0, 0.1) is 5.92 Å². The Balaban J connectivity index is 2.05. The normalized spacial score (nSPS) is 22.2. The number of sulfonamides is 1. The number of amides is 1. The molecule has 0 saturated carbocycles. The van der Waals surface area contributed by atoms with Gasteiger partial charge in [-0.05, 0) is 37.6 Å². The minimum Gasteiger partial charge on any atom is -0.379 e. The van der Waals surface area contributed by atoms with Gasteiger partial charge in [0.25, 0.3) is 5.91 Å². The van der Waals surface area contributed by atoms with E-state index in [0.29, 0.717) is 43.3 Å². The summed E-state index contributed by atoms with van der Waals surface area (Å²) in [5.74, 6) is 0.00346. The van der Waals surface area contributed by atoms with Gasteiger partial charge in [-0.2, -0.15) is 0 Å². The van der Waals surface area contributed by atoms with Crippen molar-refractivity contribution in [3.8, 4) is 0 Å². The molecule has 0 aromatic heterocycles. The number of nitrogens with zero attached hydrogens (tertiary/aromatic N) is 1. The standard InChI is InChI=1S/C16H23ClN2O4S/c1-12-14(7-8-18-24(2,21)22)11-23-10-9-19(12)16(20)13-3-5-15(17)6-4-13/h3-6,12,14,18H,7-11H2,1-2H3/t12-,14+/m1/s1. The second-order valence-corrected chi connectivity index (χ2v) is 8.31. The lowest BCUT2D eigenvalue weighted by Gasteiger charge is -2.31. The Morgan fingerprint density at radius 3 is 2.67 bits per heavy atom. The molecule has 0 spiro atoms. The molecule has 1 saturated heterocycles. The Kier molecular flexibility index (Phi) is 6.62. The van der Waals surface area contributed by atoms with E-state index >= 15 is 0 Å². The predicted molar refractivity (Wildman–Crippen MR) is 93.7 cm³/mol. The van der Waals surface area contributed by atoms with E-state index in [1.807, 2.05) is 6.92 Å². The zero-order chi connectivity index (χ0) is 17.7. The van der Waals surface area contributed by atoms with Crippen molar-refractivity contribution in [1.82, 2.24) is 9.62 Å². The Morgan fingerprint density at radius 1 is 1.38 bits per heavy atom. The van der Waals surface area contributed by atoms with E-state index in [1.54, 1.807) is 29.2 Å². The second kappa shape index (κ2) is 8.29. The predicted octanol–water partition coefficient (Wildman–Crippen LogP) is 1.76. The molecule has 1 heterocycles. The fraction of sp³-hybridized carbons (Fsp3) is 0.562. The highest BCUT2D eigenvalue weighted by atomic mass is 35.5. The monoisotopic (exact) mass is 374 g/mol.